The first-order valence-electron chi connectivity index (χ1n) is 12.7. The fraction of sp³-hybridized carbons (Fsp3) is 0.926. The van der Waals surface area contributed by atoms with Crippen molar-refractivity contribution in [2.45, 2.75) is 110 Å². The maximum Gasteiger partial charge on any atom is 0.0245 e. The predicted octanol–water partition coefficient (Wildman–Crippen LogP) is 6.29. The van der Waals surface area contributed by atoms with Crippen LogP contribution in [0.4, 0.5) is 0 Å². The van der Waals surface area contributed by atoms with Gasteiger partial charge in [-0.2, -0.15) is 0 Å². The molecule has 0 heterocycles. The van der Waals surface area contributed by atoms with Crippen molar-refractivity contribution in [1.29, 1.82) is 0 Å². The van der Waals surface area contributed by atoms with E-state index in [9.17, 15) is 0 Å². The van der Waals surface area contributed by atoms with Gasteiger partial charge >= 0.3 is 0 Å². The molecule has 4 saturated carbocycles. The van der Waals surface area contributed by atoms with Gasteiger partial charge in [-0.15, -0.1) is 6.58 Å². The first-order valence-corrected chi connectivity index (χ1v) is 12.7. The quantitative estimate of drug-likeness (QED) is 0.545. The Kier molecular flexibility index (Phi) is 5.56. The third kappa shape index (κ3) is 3.18. The van der Waals surface area contributed by atoms with Crippen LogP contribution in [0.5, 0.6) is 0 Å². The number of hydrogen-bond acceptors (Lipinski definition) is 2. The summed E-state index contributed by atoms with van der Waals surface area (Å²) in [6, 6.07) is 0.402. The van der Waals surface area contributed by atoms with Crippen LogP contribution in [0, 0.1) is 46.3 Å². The average Bonchev–Trinajstić information content (AvgIpc) is 2.99. The summed E-state index contributed by atoms with van der Waals surface area (Å²) in [7, 11) is 0. The summed E-state index contributed by atoms with van der Waals surface area (Å²) >= 11 is 0. The van der Waals surface area contributed by atoms with Gasteiger partial charge in [-0.25, -0.2) is 0 Å². The van der Waals surface area contributed by atoms with Gasteiger partial charge in [0.25, 0.3) is 0 Å². The Hall–Kier alpha value is -0.340. The lowest BCUT2D eigenvalue weighted by atomic mass is 9.39. The molecule has 4 aliphatic rings. The van der Waals surface area contributed by atoms with E-state index in [1.165, 1.54) is 69.8 Å². The minimum Gasteiger partial charge on any atom is -0.328 e. The van der Waals surface area contributed by atoms with Gasteiger partial charge in [0.15, 0.2) is 0 Å². The van der Waals surface area contributed by atoms with Crippen molar-refractivity contribution in [1.82, 2.24) is 0 Å². The monoisotopic (exact) mass is 400 g/mol. The molecule has 4 aliphatic carbocycles. The summed E-state index contributed by atoms with van der Waals surface area (Å²) in [6.07, 6.45) is 12.9. The van der Waals surface area contributed by atoms with Gasteiger partial charge in [0.05, 0.1) is 0 Å². The number of hydrogen-bond donors (Lipinski definition) is 2. The summed E-state index contributed by atoms with van der Waals surface area (Å²) < 4.78 is 0. The second-order valence-corrected chi connectivity index (χ2v) is 12.7. The molecule has 29 heavy (non-hydrogen) atoms. The van der Waals surface area contributed by atoms with E-state index >= 15 is 0 Å². The topological polar surface area (TPSA) is 52.0 Å². The molecule has 4 rings (SSSR count). The molecular weight excluding hydrogens is 352 g/mol. The highest BCUT2D eigenvalue weighted by Crippen LogP contribution is 2.70. The van der Waals surface area contributed by atoms with Gasteiger partial charge in [0.1, 0.15) is 0 Å². The molecule has 2 nitrogen and oxygen atoms in total. The van der Waals surface area contributed by atoms with Crippen LogP contribution in [0.3, 0.4) is 0 Å². The largest absolute Gasteiger partial charge is 0.328 e. The zero-order valence-electron chi connectivity index (χ0n) is 20.0. The van der Waals surface area contributed by atoms with Gasteiger partial charge in [-0.3, -0.25) is 0 Å². The van der Waals surface area contributed by atoms with Gasteiger partial charge in [0, 0.05) is 11.6 Å². The SMILES string of the molecule is C=C(C)CC[C@@H](C)[C@H]1CC[C@H]2[C@@H]3[C@@H](C)C[C@@H]4C[C@H](N)CC[C@]4(C)[C@@]3(N)CC[C@]12C. The van der Waals surface area contributed by atoms with Crippen LogP contribution in [-0.2, 0) is 0 Å². The van der Waals surface area contributed by atoms with Crippen LogP contribution < -0.4 is 11.5 Å². The number of nitrogens with two attached hydrogens (primary N) is 2. The number of rotatable bonds is 4. The van der Waals surface area contributed by atoms with Crippen LogP contribution in [0.25, 0.3) is 0 Å². The summed E-state index contributed by atoms with van der Waals surface area (Å²) in [5.74, 6) is 4.68. The van der Waals surface area contributed by atoms with E-state index in [0.717, 1.165) is 29.6 Å². The third-order valence-electron chi connectivity index (χ3n) is 11.2. The molecule has 0 aromatic carbocycles. The van der Waals surface area contributed by atoms with E-state index in [2.05, 4.69) is 41.2 Å². The van der Waals surface area contributed by atoms with Gasteiger partial charge in [-0.05, 0) is 117 Å². The van der Waals surface area contributed by atoms with Crippen molar-refractivity contribution >= 4 is 0 Å². The number of fused-ring (bicyclic) bond motifs is 5. The van der Waals surface area contributed by atoms with Crippen molar-refractivity contribution in [3.8, 4) is 0 Å². The van der Waals surface area contributed by atoms with Crippen LogP contribution in [-0.4, -0.2) is 11.6 Å². The summed E-state index contributed by atoms with van der Waals surface area (Å²) in [4.78, 5) is 0. The second-order valence-electron chi connectivity index (χ2n) is 12.7. The minimum absolute atomic E-state index is 0.0233. The van der Waals surface area contributed by atoms with Crippen molar-refractivity contribution in [2.24, 2.45) is 57.8 Å². The van der Waals surface area contributed by atoms with Gasteiger partial charge in [-0.1, -0.05) is 33.3 Å². The van der Waals surface area contributed by atoms with E-state index in [1.54, 1.807) is 0 Å². The molecule has 0 unspecified atom stereocenters. The first-order chi connectivity index (χ1) is 13.5. The zero-order chi connectivity index (χ0) is 21.2. The van der Waals surface area contributed by atoms with E-state index in [1.807, 2.05) is 0 Å². The Morgan fingerprint density at radius 3 is 2.52 bits per heavy atom. The van der Waals surface area contributed by atoms with Crippen LogP contribution >= 0.6 is 0 Å². The van der Waals surface area contributed by atoms with E-state index in [-0.39, 0.29) is 5.54 Å². The molecular formula is C27H48N2. The standard InChI is InChI=1S/C27H48N2/c1-17(2)7-8-18(3)22-9-10-23-24-19(4)15-20-16-21(28)11-12-26(20,6)27(24,29)14-13-25(22,23)5/h18-24H,1,7-16,28-29H2,2-6H3/t18-,19+,20-,21-,22-,23+,24+,25-,26+,27-/m1/s1. The van der Waals surface area contributed by atoms with E-state index < -0.39 is 0 Å². The Morgan fingerprint density at radius 1 is 1.10 bits per heavy atom. The van der Waals surface area contributed by atoms with E-state index in [0.29, 0.717) is 22.8 Å². The minimum atomic E-state index is 0.0233. The molecule has 0 aliphatic heterocycles. The fourth-order valence-corrected chi connectivity index (χ4v) is 9.43. The lowest BCUT2D eigenvalue weighted by molar-refractivity contribution is -0.155. The smallest absolute Gasteiger partial charge is 0.0245 e. The average molecular weight is 401 g/mol. The normalized spacial score (nSPS) is 52.9. The van der Waals surface area contributed by atoms with Crippen LogP contribution in [0.1, 0.15) is 98.8 Å². The molecule has 2 heteroatoms. The Balaban J connectivity index is 1.61. The van der Waals surface area contributed by atoms with Crippen molar-refractivity contribution in [3.63, 3.8) is 0 Å². The Labute approximate surface area is 180 Å². The molecule has 10 atom stereocenters. The highest BCUT2D eigenvalue weighted by molar-refractivity contribution is 5.20. The fourth-order valence-electron chi connectivity index (χ4n) is 9.43. The maximum atomic E-state index is 7.57. The molecule has 0 spiro atoms. The summed E-state index contributed by atoms with van der Waals surface area (Å²) in [6.45, 7) is 16.6. The lowest BCUT2D eigenvalue weighted by Gasteiger charge is -2.68. The van der Waals surface area contributed by atoms with Gasteiger partial charge < -0.3 is 11.5 Å². The molecule has 0 saturated heterocycles. The second kappa shape index (κ2) is 7.37. The lowest BCUT2D eigenvalue weighted by Crippen LogP contribution is -2.72. The van der Waals surface area contributed by atoms with Crippen molar-refractivity contribution in [3.05, 3.63) is 12.2 Å². The van der Waals surface area contributed by atoms with Crippen molar-refractivity contribution in [2.75, 3.05) is 0 Å². The highest BCUT2D eigenvalue weighted by Gasteiger charge is 2.67. The highest BCUT2D eigenvalue weighted by atomic mass is 14.9. The molecule has 0 bridgehead atoms. The van der Waals surface area contributed by atoms with Gasteiger partial charge in [0.2, 0.25) is 0 Å². The van der Waals surface area contributed by atoms with Crippen LogP contribution in [0.2, 0.25) is 0 Å². The molecule has 166 valence electrons. The zero-order valence-corrected chi connectivity index (χ0v) is 20.0. The maximum absolute atomic E-state index is 7.57. The molecule has 0 amide bonds. The van der Waals surface area contributed by atoms with E-state index in [4.69, 9.17) is 11.5 Å². The summed E-state index contributed by atoms with van der Waals surface area (Å²) in [5.41, 5.74) is 16.1. The van der Waals surface area contributed by atoms with Crippen molar-refractivity contribution < 1.29 is 0 Å². The predicted molar refractivity (Wildman–Crippen MR) is 124 cm³/mol. The van der Waals surface area contributed by atoms with Crippen LogP contribution in [0.15, 0.2) is 12.2 Å². The number of allylic oxidation sites excluding steroid dienone is 1. The third-order valence-corrected chi connectivity index (χ3v) is 11.2. The first kappa shape index (κ1) is 21.9. The summed E-state index contributed by atoms with van der Waals surface area (Å²) in [5, 5.41) is 0. The molecule has 0 radical (unpaired) electrons. The Bertz CT molecular complexity index is 642. The molecule has 4 N–H and O–H groups in total. The molecule has 0 aromatic rings. The molecule has 4 fully saturated rings. The molecule has 0 aromatic heterocycles. The Morgan fingerprint density at radius 2 is 1.83 bits per heavy atom.